The standard InChI is InChI=1S/C23H15Br3Cl2O3/c1-30-22-7-3-13(2-6-21(29)14-4-5-19(27)20(28)9-14)8-15(22)12-31-23-17(25)10-16(24)11-18(23)26/h2-11H,12H2,1H3/b6-2+. The Morgan fingerprint density at radius 3 is 2.32 bits per heavy atom. The van der Waals surface area contributed by atoms with Gasteiger partial charge in [0, 0.05) is 15.6 Å². The van der Waals surface area contributed by atoms with E-state index in [9.17, 15) is 4.79 Å². The van der Waals surface area contributed by atoms with Crippen molar-refractivity contribution in [1.82, 2.24) is 0 Å². The van der Waals surface area contributed by atoms with E-state index < -0.39 is 0 Å². The molecule has 8 heteroatoms. The molecule has 0 saturated carbocycles. The van der Waals surface area contributed by atoms with Crippen LogP contribution >= 0.6 is 71.0 Å². The van der Waals surface area contributed by atoms with E-state index in [0.29, 0.717) is 27.1 Å². The number of carbonyl (C=O) groups excluding carboxylic acids is 1. The molecule has 3 aromatic rings. The van der Waals surface area contributed by atoms with Crippen molar-refractivity contribution in [3.8, 4) is 11.5 Å². The smallest absolute Gasteiger partial charge is 0.185 e. The van der Waals surface area contributed by atoms with Crippen molar-refractivity contribution in [2.75, 3.05) is 7.11 Å². The lowest BCUT2D eigenvalue weighted by atomic mass is 10.1. The zero-order valence-electron chi connectivity index (χ0n) is 16.1. The van der Waals surface area contributed by atoms with Gasteiger partial charge in [-0.2, -0.15) is 0 Å². The van der Waals surface area contributed by atoms with Crippen molar-refractivity contribution < 1.29 is 14.3 Å². The molecule has 0 spiro atoms. The Balaban J connectivity index is 1.79. The summed E-state index contributed by atoms with van der Waals surface area (Å²) in [5.74, 6) is 1.20. The Hall–Kier alpha value is -1.31. The van der Waals surface area contributed by atoms with E-state index in [2.05, 4.69) is 47.8 Å². The third-order valence-corrected chi connectivity index (χ3v) is 6.65. The molecule has 0 aliphatic carbocycles. The minimum Gasteiger partial charge on any atom is -0.496 e. The van der Waals surface area contributed by atoms with E-state index in [0.717, 1.165) is 24.5 Å². The Bertz CT molecular complexity index is 1140. The molecule has 0 heterocycles. The first-order chi connectivity index (χ1) is 14.8. The van der Waals surface area contributed by atoms with E-state index in [1.165, 1.54) is 6.08 Å². The van der Waals surface area contributed by atoms with Gasteiger partial charge in [-0.3, -0.25) is 4.79 Å². The monoisotopic (exact) mass is 646 g/mol. The van der Waals surface area contributed by atoms with Gasteiger partial charge in [0.1, 0.15) is 18.1 Å². The summed E-state index contributed by atoms with van der Waals surface area (Å²) in [6.45, 7) is 0.282. The van der Waals surface area contributed by atoms with Crippen molar-refractivity contribution in [3.63, 3.8) is 0 Å². The highest BCUT2D eigenvalue weighted by Crippen LogP contribution is 2.37. The number of methoxy groups -OCH3 is 1. The molecule has 0 unspecified atom stereocenters. The first kappa shape index (κ1) is 24.3. The van der Waals surface area contributed by atoms with Crippen LogP contribution < -0.4 is 9.47 Å². The fourth-order valence-corrected chi connectivity index (χ4v) is 5.53. The lowest BCUT2D eigenvalue weighted by Crippen LogP contribution is -2.00. The number of ketones is 1. The van der Waals surface area contributed by atoms with Crippen LogP contribution in [0.4, 0.5) is 0 Å². The summed E-state index contributed by atoms with van der Waals surface area (Å²) in [6.07, 6.45) is 3.23. The summed E-state index contributed by atoms with van der Waals surface area (Å²) in [7, 11) is 1.60. The molecule has 0 bridgehead atoms. The molecule has 0 aromatic heterocycles. The number of halogens is 5. The lowest BCUT2D eigenvalue weighted by molar-refractivity contribution is 0.104. The number of allylic oxidation sites excluding steroid dienone is 1. The second kappa shape index (κ2) is 11.0. The van der Waals surface area contributed by atoms with Crippen LogP contribution in [0.2, 0.25) is 10.0 Å². The largest absolute Gasteiger partial charge is 0.496 e. The Labute approximate surface area is 215 Å². The van der Waals surface area contributed by atoms with Gasteiger partial charge < -0.3 is 9.47 Å². The normalized spacial score (nSPS) is 11.0. The zero-order chi connectivity index (χ0) is 22.5. The fraction of sp³-hybridized carbons (Fsp3) is 0.0870. The number of carbonyl (C=O) groups is 1. The summed E-state index contributed by atoms with van der Waals surface area (Å²) in [6, 6.07) is 14.2. The number of rotatable bonds is 7. The minimum absolute atomic E-state index is 0.171. The van der Waals surface area contributed by atoms with Crippen molar-refractivity contribution in [3.05, 3.63) is 94.8 Å². The highest BCUT2D eigenvalue weighted by atomic mass is 79.9. The quantitative estimate of drug-likeness (QED) is 0.190. The van der Waals surface area contributed by atoms with Crippen LogP contribution in [0.25, 0.3) is 6.08 Å². The first-order valence-electron chi connectivity index (χ1n) is 8.90. The molecular weight excluding hydrogens is 635 g/mol. The molecule has 0 radical (unpaired) electrons. The molecule has 0 N–H and O–H groups in total. The Morgan fingerprint density at radius 1 is 0.968 bits per heavy atom. The van der Waals surface area contributed by atoms with Gasteiger partial charge in [0.15, 0.2) is 5.78 Å². The van der Waals surface area contributed by atoms with Gasteiger partial charge in [-0.05, 0) is 86.0 Å². The topological polar surface area (TPSA) is 35.5 Å². The predicted octanol–water partition coefficient (Wildman–Crippen LogP) is 8.76. The van der Waals surface area contributed by atoms with Gasteiger partial charge in [0.25, 0.3) is 0 Å². The van der Waals surface area contributed by atoms with Crippen LogP contribution in [0.5, 0.6) is 11.5 Å². The fourth-order valence-electron chi connectivity index (χ4n) is 2.75. The van der Waals surface area contributed by atoms with Crippen molar-refractivity contribution in [2.24, 2.45) is 0 Å². The van der Waals surface area contributed by atoms with E-state index in [1.807, 2.05) is 30.3 Å². The average Bonchev–Trinajstić information content (AvgIpc) is 2.73. The van der Waals surface area contributed by atoms with Crippen molar-refractivity contribution in [2.45, 2.75) is 6.61 Å². The molecule has 0 saturated heterocycles. The molecule has 0 atom stereocenters. The molecule has 0 amide bonds. The van der Waals surface area contributed by atoms with Crippen LogP contribution in [0.1, 0.15) is 21.5 Å². The van der Waals surface area contributed by atoms with E-state index in [4.69, 9.17) is 32.7 Å². The molecule has 0 fully saturated rings. The van der Waals surface area contributed by atoms with Gasteiger partial charge in [0.05, 0.1) is 26.1 Å². The van der Waals surface area contributed by atoms with Gasteiger partial charge in [0.2, 0.25) is 0 Å². The molecule has 0 aliphatic heterocycles. The molecule has 3 rings (SSSR count). The third-order valence-electron chi connectivity index (χ3n) is 4.27. The summed E-state index contributed by atoms with van der Waals surface area (Å²) in [5.41, 5.74) is 2.14. The molecule has 3 aromatic carbocycles. The maximum Gasteiger partial charge on any atom is 0.185 e. The second-order valence-electron chi connectivity index (χ2n) is 6.38. The molecule has 160 valence electrons. The maximum atomic E-state index is 12.5. The number of benzene rings is 3. The van der Waals surface area contributed by atoms with Crippen LogP contribution in [-0.4, -0.2) is 12.9 Å². The van der Waals surface area contributed by atoms with E-state index in [1.54, 1.807) is 31.4 Å². The van der Waals surface area contributed by atoms with Crippen molar-refractivity contribution in [1.29, 1.82) is 0 Å². The highest BCUT2D eigenvalue weighted by molar-refractivity contribution is 9.11. The number of hydrogen-bond donors (Lipinski definition) is 0. The predicted molar refractivity (Wildman–Crippen MR) is 137 cm³/mol. The summed E-state index contributed by atoms with van der Waals surface area (Å²) in [5, 5.41) is 0.751. The lowest BCUT2D eigenvalue weighted by Gasteiger charge is -2.14. The molecule has 31 heavy (non-hydrogen) atoms. The SMILES string of the molecule is COc1ccc(/C=C/C(=O)c2ccc(Cl)c(Cl)c2)cc1COc1c(Br)cc(Br)cc1Br. The molecular formula is C23H15Br3Cl2O3. The molecule has 0 aliphatic rings. The minimum atomic E-state index is -0.171. The van der Waals surface area contributed by atoms with E-state index >= 15 is 0 Å². The average molecular weight is 650 g/mol. The number of hydrogen-bond acceptors (Lipinski definition) is 3. The Morgan fingerprint density at radius 2 is 1.68 bits per heavy atom. The Kier molecular flexibility index (Phi) is 8.65. The van der Waals surface area contributed by atoms with Gasteiger partial charge in [-0.15, -0.1) is 0 Å². The van der Waals surface area contributed by atoms with Crippen LogP contribution in [-0.2, 0) is 6.61 Å². The highest BCUT2D eigenvalue weighted by Gasteiger charge is 2.11. The van der Waals surface area contributed by atoms with Crippen LogP contribution in [0.15, 0.2) is 68.0 Å². The van der Waals surface area contributed by atoms with Gasteiger partial charge in [-0.25, -0.2) is 0 Å². The summed E-state index contributed by atoms with van der Waals surface area (Å²) in [4.78, 5) is 12.5. The van der Waals surface area contributed by atoms with Crippen molar-refractivity contribution >= 4 is 82.9 Å². The first-order valence-corrected chi connectivity index (χ1v) is 12.0. The summed E-state index contributed by atoms with van der Waals surface area (Å²) < 4.78 is 14.0. The zero-order valence-corrected chi connectivity index (χ0v) is 22.4. The number of ether oxygens (including phenoxy) is 2. The summed E-state index contributed by atoms with van der Waals surface area (Å²) >= 11 is 22.4. The van der Waals surface area contributed by atoms with Crippen LogP contribution in [0, 0.1) is 0 Å². The van der Waals surface area contributed by atoms with Crippen LogP contribution in [0.3, 0.4) is 0 Å². The molecule has 3 nitrogen and oxygen atoms in total. The van der Waals surface area contributed by atoms with E-state index in [-0.39, 0.29) is 12.4 Å². The second-order valence-corrected chi connectivity index (χ2v) is 9.82. The van der Waals surface area contributed by atoms with Gasteiger partial charge >= 0.3 is 0 Å². The maximum absolute atomic E-state index is 12.5. The van der Waals surface area contributed by atoms with Gasteiger partial charge in [-0.1, -0.05) is 51.3 Å². The third kappa shape index (κ3) is 6.36.